The van der Waals surface area contributed by atoms with Crippen molar-refractivity contribution in [2.75, 3.05) is 19.8 Å². The van der Waals surface area contributed by atoms with Crippen LogP contribution in [0.3, 0.4) is 0 Å². The number of amides is 2. The molecule has 1 fully saturated rings. The van der Waals surface area contributed by atoms with Crippen LogP contribution in [0, 0.1) is 0 Å². The quantitative estimate of drug-likeness (QED) is 0.0841. The van der Waals surface area contributed by atoms with Gasteiger partial charge in [-0.05, 0) is 67.3 Å². The predicted molar refractivity (Wildman–Crippen MR) is 232 cm³/mol. The molecule has 15 nitrogen and oxygen atoms in total. The van der Waals surface area contributed by atoms with Gasteiger partial charge in [-0.15, -0.1) is 0 Å². The number of carbonyl (C=O) groups excluding carboxylic acids is 6. The number of hydrogen-bond acceptors (Lipinski definition) is 13. The molecule has 64 heavy (non-hydrogen) atoms. The third-order valence-electron chi connectivity index (χ3n) is 12.2. The summed E-state index contributed by atoms with van der Waals surface area (Å²) in [6, 6.07) is 21.7. The maximum atomic E-state index is 14.1. The van der Waals surface area contributed by atoms with Gasteiger partial charge in [0.2, 0.25) is 23.1 Å². The second-order valence-electron chi connectivity index (χ2n) is 16.6. The molecular formula is C48H52ClN3O12. The number of esters is 2. The summed E-state index contributed by atoms with van der Waals surface area (Å²) in [5, 5.41) is 27.3. The summed E-state index contributed by atoms with van der Waals surface area (Å²) in [7, 11) is 0. The lowest BCUT2D eigenvalue weighted by Gasteiger charge is -2.49. The minimum atomic E-state index is -2.27. The van der Waals surface area contributed by atoms with E-state index in [4.69, 9.17) is 30.5 Å². The number of rotatable bonds is 16. The SMILES string of the molecule is CCCC(=O)O[C@]1(C)C(=O)C2=CN(CCC[C@H](NC(=O)OCC3c4ccccc4-c4ccccc43)C(=O)N[C@H](C(=O)OCc3ccccc3)[C@@H](C)O)[C@@]3(CCCO3)[C@H](O)C2=C(Cl)C1=O. The van der Waals surface area contributed by atoms with Crippen molar-refractivity contribution in [1.82, 2.24) is 15.5 Å². The fraction of sp³-hybridized carbons (Fsp3) is 0.417. The van der Waals surface area contributed by atoms with Crippen LogP contribution in [0.15, 0.2) is 101 Å². The lowest BCUT2D eigenvalue weighted by Crippen LogP contribution is -2.62. The van der Waals surface area contributed by atoms with Gasteiger partial charge in [0.05, 0.1) is 11.1 Å². The molecule has 1 saturated heterocycles. The molecule has 1 spiro atoms. The molecule has 2 amide bonds. The third kappa shape index (κ3) is 9.07. The number of alkyl carbamates (subject to hydrolysis) is 1. The van der Waals surface area contributed by atoms with Crippen molar-refractivity contribution >= 4 is 47.1 Å². The average Bonchev–Trinajstić information content (AvgIpc) is 3.91. The van der Waals surface area contributed by atoms with E-state index in [-0.39, 0.29) is 69.1 Å². The average molecular weight is 898 g/mol. The number of hydrogen-bond donors (Lipinski definition) is 4. The standard InChI is InChI=1S/C48H52ClN3O12/c1-4-14-37(54)64-47(3)41(55)34-25-52(48(22-13-24-63-48)42(56)38(34)39(49)43(47)57)23-12-21-36(44(58)51-40(28(2)53)45(59)61-26-29-15-6-5-7-16-29)50-46(60)62-27-35-32-19-10-8-17-30(32)31-18-9-11-20-33(31)35/h5-11,15-20,25,28,35-36,40,42,53,56H,4,12-14,21-24,26-27H2,1-3H3,(H,50,60)(H,51,58)/t28-,36+,40+,42-,47-,48-/m1/s1. The van der Waals surface area contributed by atoms with E-state index in [1.807, 2.05) is 54.6 Å². The maximum Gasteiger partial charge on any atom is 0.407 e. The summed E-state index contributed by atoms with van der Waals surface area (Å²) in [6.07, 6.45) is -1.23. The van der Waals surface area contributed by atoms with Gasteiger partial charge in [-0.25, -0.2) is 9.59 Å². The second kappa shape index (κ2) is 19.5. The summed E-state index contributed by atoms with van der Waals surface area (Å²) >= 11 is 6.60. The highest BCUT2D eigenvalue weighted by atomic mass is 35.5. The molecule has 3 aromatic carbocycles. The van der Waals surface area contributed by atoms with E-state index < -0.39 is 76.2 Å². The molecule has 0 saturated carbocycles. The number of Topliss-reactive ketones (excluding diaryl/α,β-unsaturated/α-hetero) is 2. The van der Waals surface area contributed by atoms with Crippen molar-refractivity contribution in [2.24, 2.45) is 0 Å². The van der Waals surface area contributed by atoms with Crippen molar-refractivity contribution in [3.63, 3.8) is 0 Å². The van der Waals surface area contributed by atoms with Gasteiger partial charge in [0.25, 0.3) is 0 Å². The molecule has 4 aliphatic rings. The van der Waals surface area contributed by atoms with Gasteiger partial charge in [0, 0.05) is 49.3 Å². The first-order chi connectivity index (χ1) is 30.7. The molecule has 0 bridgehead atoms. The largest absolute Gasteiger partial charge is 0.459 e. The van der Waals surface area contributed by atoms with Gasteiger partial charge in [0.1, 0.15) is 25.4 Å². The fourth-order valence-corrected chi connectivity index (χ4v) is 9.24. The van der Waals surface area contributed by atoms with E-state index in [1.54, 1.807) is 36.1 Å². The van der Waals surface area contributed by atoms with Gasteiger partial charge in [0.15, 0.2) is 11.8 Å². The van der Waals surface area contributed by atoms with E-state index in [0.29, 0.717) is 18.4 Å². The van der Waals surface area contributed by atoms with Crippen LogP contribution >= 0.6 is 11.6 Å². The van der Waals surface area contributed by atoms with Gasteiger partial charge in [-0.2, -0.15) is 0 Å². The van der Waals surface area contributed by atoms with Crippen molar-refractivity contribution < 1.29 is 57.9 Å². The predicted octanol–water partition coefficient (Wildman–Crippen LogP) is 5.10. The van der Waals surface area contributed by atoms with Gasteiger partial charge in [-0.1, -0.05) is 97.4 Å². The molecule has 2 heterocycles. The molecule has 0 radical (unpaired) electrons. The second-order valence-corrected chi connectivity index (χ2v) is 16.9. The fourth-order valence-electron chi connectivity index (χ4n) is 8.86. The number of aliphatic hydroxyl groups excluding tert-OH is 2. The number of halogens is 1. The summed E-state index contributed by atoms with van der Waals surface area (Å²) in [5.74, 6) is -4.57. The smallest absolute Gasteiger partial charge is 0.407 e. The van der Waals surface area contributed by atoms with Crippen LogP contribution in [0.5, 0.6) is 0 Å². The van der Waals surface area contributed by atoms with Crippen molar-refractivity contribution in [1.29, 1.82) is 0 Å². The first kappa shape index (κ1) is 46.1. The zero-order valence-electron chi connectivity index (χ0n) is 35.8. The zero-order valence-corrected chi connectivity index (χ0v) is 36.6. The summed E-state index contributed by atoms with van der Waals surface area (Å²) in [6.45, 7) is 4.36. The molecule has 2 aliphatic heterocycles. The molecule has 3 aromatic rings. The first-order valence-electron chi connectivity index (χ1n) is 21.5. The highest BCUT2D eigenvalue weighted by Crippen LogP contribution is 2.48. The molecule has 0 aromatic heterocycles. The van der Waals surface area contributed by atoms with Gasteiger partial charge >= 0.3 is 18.0 Å². The van der Waals surface area contributed by atoms with E-state index in [2.05, 4.69) is 10.6 Å². The lowest BCUT2D eigenvalue weighted by molar-refractivity contribution is -0.174. The number of benzene rings is 3. The molecule has 4 N–H and O–H groups in total. The highest BCUT2D eigenvalue weighted by molar-refractivity contribution is 6.49. The van der Waals surface area contributed by atoms with Crippen LogP contribution in [0.1, 0.15) is 81.9 Å². The molecular weight excluding hydrogens is 846 g/mol. The molecule has 6 atom stereocenters. The Morgan fingerprint density at radius 3 is 2.22 bits per heavy atom. The van der Waals surface area contributed by atoms with Crippen LogP contribution in [0.25, 0.3) is 11.1 Å². The molecule has 0 unspecified atom stereocenters. The number of fused-ring (bicyclic) bond motifs is 4. The van der Waals surface area contributed by atoms with Gasteiger partial charge < -0.3 is 44.7 Å². The summed E-state index contributed by atoms with van der Waals surface area (Å²) in [4.78, 5) is 82.9. The Morgan fingerprint density at radius 1 is 0.938 bits per heavy atom. The number of carbonyl (C=O) groups is 6. The Bertz CT molecular complexity index is 2310. The van der Waals surface area contributed by atoms with Crippen LogP contribution in [0.4, 0.5) is 4.79 Å². The zero-order chi connectivity index (χ0) is 45.8. The molecule has 7 rings (SSSR count). The maximum absolute atomic E-state index is 14.1. The van der Waals surface area contributed by atoms with Crippen molar-refractivity contribution in [2.45, 2.75) is 107 Å². The van der Waals surface area contributed by atoms with Gasteiger partial charge in [-0.3, -0.25) is 19.2 Å². The van der Waals surface area contributed by atoms with Crippen molar-refractivity contribution in [3.05, 3.63) is 118 Å². The number of nitrogens with zero attached hydrogens (tertiary/aromatic N) is 1. The highest BCUT2D eigenvalue weighted by Gasteiger charge is 2.60. The Kier molecular flexibility index (Phi) is 14.0. The van der Waals surface area contributed by atoms with E-state index in [1.165, 1.54) is 20.0 Å². The number of ketones is 2. The minimum absolute atomic E-state index is 0.0358. The number of aliphatic hydroxyl groups is 2. The Balaban J connectivity index is 1.11. The normalized spacial score (nSPS) is 22.8. The Hall–Kier alpha value is -5.87. The Morgan fingerprint density at radius 2 is 1.59 bits per heavy atom. The van der Waals surface area contributed by atoms with Crippen LogP contribution in [-0.4, -0.2) is 106 Å². The number of nitrogens with one attached hydrogen (secondary N) is 2. The van der Waals surface area contributed by atoms with E-state index in [9.17, 15) is 39.0 Å². The van der Waals surface area contributed by atoms with Crippen LogP contribution in [-0.2, 0) is 49.5 Å². The topological polar surface area (TPSA) is 207 Å². The Labute approximate surface area is 375 Å². The lowest BCUT2D eigenvalue weighted by atomic mass is 9.74. The van der Waals surface area contributed by atoms with E-state index in [0.717, 1.165) is 22.3 Å². The number of ether oxygens (including phenoxy) is 4. The van der Waals surface area contributed by atoms with E-state index >= 15 is 0 Å². The summed E-state index contributed by atoms with van der Waals surface area (Å²) < 4.78 is 22.8. The van der Waals surface area contributed by atoms with Crippen LogP contribution < -0.4 is 10.6 Å². The monoisotopic (exact) mass is 897 g/mol. The summed E-state index contributed by atoms with van der Waals surface area (Å²) in [5.41, 5.74) is 0.734. The first-order valence-corrected chi connectivity index (χ1v) is 21.9. The minimum Gasteiger partial charge on any atom is -0.459 e. The molecule has 2 aliphatic carbocycles. The third-order valence-corrected chi connectivity index (χ3v) is 12.6. The van der Waals surface area contributed by atoms with Crippen LogP contribution in [0.2, 0.25) is 0 Å². The molecule has 338 valence electrons. The van der Waals surface area contributed by atoms with Crippen molar-refractivity contribution in [3.8, 4) is 11.1 Å². The molecule has 16 heteroatoms.